The molecule has 3 amide bonds. The second-order valence-corrected chi connectivity index (χ2v) is 10.1. The summed E-state index contributed by atoms with van der Waals surface area (Å²) in [6.45, 7) is 3.42. The summed E-state index contributed by atoms with van der Waals surface area (Å²) < 4.78 is 21.5. The van der Waals surface area contributed by atoms with Gasteiger partial charge in [-0.05, 0) is 54.1 Å². The highest BCUT2D eigenvalue weighted by atomic mass is 32.1. The highest BCUT2D eigenvalue weighted by Gasteiger charge is 2.23. The van der Waals surface area contributed by atoms with Crippen LogP contribution in [0.3, 0.4) is 0 Å². The largest absolute Gasteiger partial charge is 0.497 e. The molecule has 1 aromatic heterocycles. The quantitative estimate of drug-likeness (QED) is 0.253. The maximum atomic E-state index is 13.7. The van der Waals surface area contributed by atoms with Crippen LogP contribution in [0.25, 0.3) is 0 Å². The molecule has 3 aromatic rings. The van der Waals surface area contributed by atoms with Crippen molar-refractivity contribution in [3.63, 3.8) is 0 Å². The van der Waals surface area contributed by atoms with Gasteiger partial charge in [0, 0.05) is 24.0 Å². The van der Waals surface area contributed by atoms with Crippen LogP contribution in [-0.2, 0) is 17.8 Å². The van der Waals surface area contributed by atoms with Crippen LogP contribution < -0.4 is 24.3 Å². The van der Waals surface area contributed by atoms with E-state index in [1.165, 1.54) is 7.11 Å². The number of amides is 3. The molecular weight excluding hydrogens is 530 g/mol. The van der Waals surface area contributed by atoms with Gasteiger partial charge < -0.3 is 34.1 Å². The van der Waals surface area contributed by atoms with E-state index in [9.17, 15) is 9.59 Å². The molecule has 0 unspecified atom stereocenters. The van der Waals surface area contributed by atoms with Crippen LogP contribution in [0.2, 0.25) is 0 Å². The van der Waals surface area contributed by atoms with E-state index in [4.69, 9.17) is 18.9 Å². The van der Waals surface area contributed by atoms with E-state index < -0.39 is 0 Å². The number of benzene rings is 2. The van der Waals surface area contributed by atoms with Crippen LogP contribution in [0.5, 0.6) is 23.0 Å². The summed E-state index contributed by atoms with van der Waals surface area (Å²) in [5.74, 6) is 2.27. The van der Waals surface area contributed by atoms with E-state index in [1.54, 1.807) is 55.8 Å². The summed E-state index contributed by atoms with van der Waals surface area (Å²) >= 11 is 1.60. The minimum atomic E-state index is -0.360. The number of hydrogen-bond donors (Lipinski definition) is 1. The molecule has 0 saturated carbocycles. The first-order chi connectivity index (χ1) is 19.4. The molecule has 40 heavy (non-hydrogen) atoms. The summed E-state index contributed by atoms with van der Waals surface area (Å²) in [6, 6.07) is 14.6. The summed E-state index contributed by atoms with van der Waals surface area (Å²) in [5.41, 5.74) is 1.53. The van der Waals surface area contributed by atoms with Gasteiger partial charge in [-0.25, -0.2) is 4.79 Å². The van der Waals surface area contributed by atoms with E-state index in [0.717, 1.165) is 23.3 Å². The molecule has 0 aliphatic heterocycles. The molecule has 9 nitrogen and oxygen atoms in total. The second kappa shape index (κ2) is 15.6. The number of ether oxygens (including phenoxy) is 4. The first-order valence-corrected chi connectivity index (χ1v) is 14.1. The van der Waals surface area contributed by atoms with Gasteiger partial charge in [0.15, 0.2) is 11.5 Å². The van der Waals surface area contributed by atoms with Crippen molar-refractivity contribution >= 4 is 29.0 Å². The van der Waals surface area contributed by atoms with E-state index >= 15 is 0 Å². The standard InChI is InChI=1S/C30H39N3O6S/c1-6-7-15-33(30(35)31-25-12-11-23(36-2)19-27(25)38-4)21-29(34)32(20-24-9-8-17-40-24)16-14-22-10-13-26(37-3)28(18-22)39-5/h8-13,17-19H,6-7,14-16,20-21H2,1-5H3,(H,31,35). The number of carbonyl (C=O) groups excluding carboxylic acids is 2. The molecule has 1 heterocycles. The van der Waals surface area contributed by atoms with Crippen LogP contribution >= 0.6 is 11.3 Å². The molecule has 0 fully saturated rings. The molecule has 0 aliphatic rings. The van der Waals surface area contributed by atoms with E-state index in [2.05, 4.69) is 12.2 Å². The lowest BCUT2D eigenvalue weighted by atomic mass is 10.1. The first kappa shape index (κ1) is 30.6. The van der Waals surface area contributed by atoms with Crippen molar-refractivity contribution in [1.29, 1.82) is 0 Å². The van der Waals surface area contributed by atoms with Gasteiger partial charge in [0.2, 0.25) is 5.91 Å². The Bertz CT molecular complexity index is 1230. The summed E-state index contributed by atoms with van der Waals surface area (Å²) in [7, 11) is 6.30. The van der Waals surface area contributed by atoms with Crippen molar-refractivity contribution < 1.29 is 28.5 Å². The van der Waals surface area contributed by atoms with Gasteiger partial charge in [-0.15, -0.1) is 11.3 Å². The van der Waals surface area contributed by atoms with Gasteiger partial charge in [0.1, 0.15) is 18.0 Å². The van der Waals surface area contributed by atoms with Crippen molar-refractivity contribution in [1.82, 2.24) is 9.80 Å². The summed E-state index contributed by atoms with van der Waals surface area (Å²) in [4.78, 5) is 31.5. The van der Waals surface area contributed by atoms with Crippen molar-refractivity contribution in [2.24, 2.45) is 0 Å². The fourth-order valence-corrected chi connectivity index (χ4v) is 4.86. The lowest BCUT2D eigenvalue weighted by Crippen LogP contribution is -2.45. The Morgan fingerprint density at radius 2 is 1.62 bits per heavy atom. The maximum absolute atomic E-state index is 13.7. The van der Waals surface area contributed by atoms with Gasteiger partial charge in [0.05, 0.1) is 40.7 Å². The Hall–Kier alpha value is -3.92. The molecule has 3 rings (SSSR count). The van der Waals surface area contributed by atoms with Gasteiger partial charge in [-0.2, -0.15) is 0 Å². The Morgan fingerprint density at radius 1 is 0.850 bits per heavy atom. The zero-order chi connectivity index (χ0) is 28.9. The molecule has 0 spiro atoms. The van der Waals surface area contributed by atoms with Crippen molar-refractivity contribution in [3.05, 3.63) is 64.4 Å². The number of thiophene rings is 1. The lowest BCUT2D eigenvalue weighted by molar-refractivity contribution is -0.132. The molecule has 10 heteroatoms. The number of anilines is 1. The monoisotopic (exact) mass is 569 g/mol. The third-order valence-corrected chi connectivity index (χ3v) is 7.30. The molecule has 0 saturated heterocycles. The number of hydrogen-bond acceptors (Lipinski definition) is 7. The highest BCUT2D eigenvalue weighted by Crippen LogP contribution is 2.30. The average molecular weight is 570 g/mol. The van der Waals surface area contributed by atoms with Crippen LogP contribution in [0.4, 0.5) is 10.5 Å². The molecule has 2 aromatic carbocycles. The third kappa shape index (κ3) is 8.54. The molecule has 0 atom stereocenters. The number of methoxy groups -OCH3 is 4. The Kier molecular flexibility index (Phi) is 12.0. The number of urea groups is 1. The normalized spacial score (nSPS) is 10.5. The lowest BCUT2D eigenvalue weighted by Gasteiger charge is -2.28. The Morgan fingerprint density at radius 3 is 2.27 bits per heavy atom. The van der Waals surface area contributed by atoms with Crippen LogP contribution in [-0.4, -0.2) is 69.8 Å². The molecule has 0 radical (unpaired) electrons. The fourth-order valence-electron chi connectivity index (χ4n) is 4.14. The zero-order valence-electron chi connectivity index (χ0n) is 23.9. The van der Waals surface area contributed by atoms with Crippen molar-refractivity contribution in [2.75, 3.05) is 53.4 Å². The zero-order valence-corrected chi connectivity index (χ0v) is 24.7. The van der Waals surface area contributed by atoms with E-state index in [0.29, 0.717) is 54.7 Å². The Labute approximate surface area is 240 Å². The minimum Gasteiger partial charge on any atom is -0.497 e. The van der Waals surface area contributed by atoms with Gasteiger partial charge in [-0.3, -0.25) is 4.79 Å². The number of nitrogens with zero attached hydrogens (tertiary/aromatic N) is 2. The average Bonchev–Trinajstić information content (AvgIpc) is 3.50. The van der Waals surface area contributed by atoms with E-state index in [1.807, 2.05) is 40.6 Å². The van der Waals surface area contributed by atoms with Gasteiger partial charge in [0.25, 0.3) is 0 Å². The number of nitrogens with one attached hydrogen (secondary N) is 1. The van der Waals surface area contributed by atoms with Gasteiger partial charge >= 0.3 is 6.03 Å². The molecule has 216 valence electrons. The first-order valence-electron chi connectivity index (χ1n) is 13.2. The van der Waals surface area contributed by atoms with Crippen molar-refractivity contribution in [3.8, 4) is 23.0 Å². The molecule has 0 bridgehead atoms. The molecule has 0 aliphatic carbocycles. The number of rotatable bonds is 15. The van der Waals surface area contributed by atoms with Gasteiger partial charge in [-0.1, -0.05) is 25.5 Å². The van der Waals surface area contributed by atoms with E-state index in [-0.39, 0.29) is 18.5 Å². The highest BCUT2D eigenvalue weighted by molar-refractivity contribution is 7.09. The predicted molar refractivity (Wildman–Crippen MR) is 158 cm³/mol. The number of unbranched alkanes of at least 4 members (excludes halogenated alkanes) is 1. The van der Waals surface area contributed by atoms with Crippen LogP contribution in [0.1, 0.15) is 30.2 Å². The Balaban J connectivity index is 1.76. The van der Waals surface area contributed by atoms with Crippen LogP contribution in [0.15, 0.2) is 53.9 Å². The predicted octanol–water partition coefficient (Wildman–Crippen LogP) is 5.69. The maximum Gasteiger partial charge on any atom is 0.322 e. The molecule has 1 N–H and O–H groups in total. The van der Waals surface area contributed by atoms with Crippen LogP contribution in [0, 0.1) is 0 Å². The fraction of sp³-hybridized carbons (Fsp3) is 0.400. The number of carbonyl (C=O) groups is 2. The SMILES string of the molecule is CCCCN(CC(=O)N(CCc1ccc(OC)c(OC)c1)Cc1cccs1)C(=O)Nc1ccc(OC)cc1OC. The summed E-state index contributed by atoms with van der Waals surface area (Å²) in [5, 5.41) is 4.90. The summed E-state index contributed by atoms with van der Waals surface area (Å²) in [6.07, 6.45) is 2.29. The minimum absolute atomic E-state index is 0.0401. The third-order valence-electron chi connectivity index (χ3n) is 6.44. The smallest absolute Gasteiger partial charge is 0.322 e. The second-order valence-electron chi connectivity index (χ2n) is 9.11. The molecular formula is C30H39N3O6S. The topological polar surface area (TPSA) is 89.6 Å². The van der Waals surface area contributed by atoms with Crippen molar-refractivity contribution in [2.45, 2.75) is 32.7 Å².